The molecule has 1 N–H and O–H groups in total. The second-order valence-corrected chi connectivity index (χ2v) is 5.85. The molecule has 0 aromatic rings. The molecule has 0 spiro atoms. The zero-order valence-electron chi connectivity index (χ0n) is 11.5. The molecule has 96 valence electrons. The quantitative estimate of drug-likeness (QED) is 0.671. The second kappa shape index (κ2) is 7.29. The molecule has 0 amide bonds. The van der Waals surface area contributed by atoms with Crippen LogP contribution in [-0.2, 0) is 0 Å². The molecule has 0 aliphatic carbocycles. The predicted octanol–water partition coefficient (Wildman–Crippen LogP) is 3.03. The van der Waals surface area contributed by atoms with Crippen molar-refractivity contribution in [1.82, 2.24) is 10.2 Å². The lowest BCUT2D eigenvalue weighted by atomic mass is 10.0. The number of nitrogens with one attached hydrogen (secondary N) is 1. The Bertz CT molecular complexity index is 178. The topological polar surface area (TPSA) is 15.3 Å². The Balaban J connectivity index is 2.00. The van der Waals surface area contributed by atoms with Crippen LogP contribution in [-0.4, -0.2) is 36.6 Å². The minimum absolute atomic E-state index is 0.320. The summed E-state index contributed by atoms with van der Waals surface area (Å²) in [4.78, 5) is 2.62. The van der Waals surface area contributed by atoms with Crippen LogP contribution >= 0.6 is 0 Å². The molecule has 1 fully saturated rings. The average Bonchev–Trinajstić information content (AvgIpc) is 2.22. The zero-order valence-corrected chi connectivity index (χ0v) is 11.5. The lowest BCUT2D eigenvalue weighted by Crippen LogP contribution is -2.57. The van der Waals surface area contributed by atoms with E-state index in [1.165, 1.54) is 58.2 Å². The molecule has 2 nitrogen and oxygen atoms in total. The van der Waals surface area contributed by atoms with Gasteiger partial charge in [0.05, 0.1) is 0 Å². The first-order valence-electron chi connectivity index (χ1n) is 7.11. The normalized spacial score (nSPS) is 21.2. The molecule has 2 heteroatoms. The van der Waals surface area contributed by atoms with Crippen LogP contribution in [0.15, 0.2) is 0 Å². The lowest BCUT2D eigenvalue weighted by molar-refractivity contribution is 0.152. The minimum atomic E-state index is 0.320. The van der Waals surface area contributed by atoms with Crippen LogP contribution < -0.4 is 5.32 Å². The van der Waals surface area contributed by atoms with E-state index in [2.05, 4.69) is 31.0 Å². The van der Waals surface area contributed by atoms with Gasteiger partial charge in [0.2, 0.25) is 0 Å². The maximum Gasteiger partial charge on any atom is 0.0252 e. The first kappa shape index (κ1) is 14.0. The van der Waals surface area contributed by atoms with E-state index in [0.29, 0.717) is 5.54 Å². The van der Waals surface area contributed by atoms with Crippen molar-refractivity contribution in [2.24, 2.45) is 0 Å². The summed E-state index contributed by atoms with van der Waals surface area (Å²) in [5, 5.41) is 3.56. The average molecular weight is 226 g/mol. The third-order valence-electron chi connectivity index (χ3n) is 3.48. The number of rotatable bonds is 7. The number of hydrogen-bond donors (Lipinski definition) is 1. The first-order chi connectivity index (χ1) is 7.64. The highest BCUT2D eigenvalue weighted by atomic mass is 15.2. The van der Waals surface area contributed by atoms with E-state index in [1.54, 1.807) is 0 Å². The molecule has 0 atom stereocenters. The lowest BCUT2D eigenvalue weighted by Gasteiger charge is -2.39. The Morgan fingerprint density at radius 1 is 1.06 bits per heavy atom. The van der Waals surface area contributed by atoms with Gasteiger partial charge in [-0.1, -0.05) is 39.0 Å². The fraction of sp³-hybridized carbons (Fsp3) is 1.00. The Hall–Kier alpha value is -0.0800. The van der Waals surface area contributed by atoms with Crippen molar-refractivity contribution in [3.8, 4) is 0 Å². The van der Waals surface area contributed by atoms with Gasteiger partial charge < -0.3 is 10.2 Å². The summed E-state index contributed by atoms with van der Waals surface area (Å²) in [6, 6.07) is 0. The molecule has 1 aliphatic heterocycles. The van der Waals surface area contributed by atoms with E-state index in [0.717, 1.165) is 6.54 Å². The summed E-state index contributed by atoms with van der Waals surface area (Å²) in [5.41, 5.74) is 0.320. The molecule has 0 saturated carbocycles. The highest BCUT2D eigenvalue weighted by Gasteiger charge is 2.24. The highest BCUT2D eigenvalue weighted by molar-refractivity contribution is 4.86. The molecule has 0 radical (unpaired) electrons. The molecule has 1 rings (SSSR count). The van der Waals surface area contributed by atoms with Crippen LogP contribution in [0.4, 0.5) is 0 Å². The van der Waals surface area contributed by atoms with Gasteiger partial charge in [0.15, 0.2) is 0 Å². The molecule has 0 bridgehead atoms. The SMILES string of the molecule is CCCCCCCCN1CCNC(C)(C)C1. The van der Waals surface area contributed by atoms with Gasteiger partial charge in [0.25, 0.3) is 0 Å². The van der Waals surface area contributed by atoms with E-state index in [1.807, 2.05) is 0 Å². The van der Waals surface area contributed by atoms with Gasteiger partial charge in [-0.25, -0.2) is 0 Å². The van der Waals surface area contributed by atoms with Crippen molar-refractivity contribution >= 4 is 0 Å². The summed E-state index contributed by atoms with van der Waals surface area (Å²) in [7, 11) is 0. The van der Waals surface area contributed by atoms with Crippen LogP contribution in [0.3, 0.4) is 0 Å². The molecule has 0 unspecified atom stereocenters. The van der Waals surface area contributed by atoms with Crippen LogP contribution in [0.5, 0.6) is 0 Å². The van der Waals surface area contributed by atoms with Gasteiger partial charge in [-0.05, 0) is 26.8 Å². The molecular formula is C14H30N2. The third-order valence-corrected chi connectivity index (χ3v) is 3.48. The van der Waals surface area contributed by atoms with E-state index in [9.17, 15) is 0 Å². The Labute approximate surface area is 102 Å². The monoisotopic (exact) mass is 226 g/mol. The highest BCUT2D eigenvalue weighted by Crippen LogP contribution is 2.12. The Kier molecular flexibility index (Phi) is 6.37. The maximum atomic E-state index is 3.56. The fourth-order valence-corrected chi connectivity index (χ4v) is 2.55. The Morgan fingerprint density at radius 3 is 2.44 bits per heavy atom. The number of unbranched alkanes of at least 4 members (excludes halogenated alkanes) is 5. The van der Waals surface area contributed by atoms with E-state index in [-0.39, 0.29) is 0 Å². The van der Waals surface area contributed by atoms with E-state index >= 15 is 0 Å². The van der Waals surface area contributed by atoms with Crippen LogP contribution in [0.1, 0.15) is 59.3 Å². The van der Waals surface area contributed by atoms with Crippen LogP contribution in [0, 0.1) is 0 Å². The maximum absolute atomic E-state index is 3.56. The van der Waals surface area contributed by atoms with Gasteiger partial charge in [-0.2, -0.15) is 0 Å². The van der Waals surface area contributed by atoms with E-state index in [4.69, 9.17) is 0 Å². The van der Waals surface area contributed by atoms with Crippen molar-refractivity contribution in [1.29, 1.82) is 0 Å². The molecular weight excluding hydrogens is 196 g/mol. The van der Waals surface area contributed by atoms with Gasteiger partial charge in [-0.3, -0.25) is 0 Å². The number of hydrogen-bond acceptors (Lipinski definition) is 2. The van der Waals surface area contributed by atoms with Crippen molar-refractivity contribution in [3.63, 3.8) is 0 Å². The zero-order chi connectivity index (χ0) is 11.9. The van der Waals surface area contributed by atoms with Crippen molar-refractivity contribution in [3.05, 3.63) is 0 Å². The molecule has 1 heterocycles. The predicted molar refractivity (Wildman–Crippen MR) is 71.9 cm³/mol. The number of piperazine rings is 1. The van der Waals surface area contributed by atoms with Gasteiger partial charge in [0, 0.05) is 25.2 Å². The summed E-state index contributed by atoms with van der Waals surface area (Å²) in [6.45, 7) is 11.8. The van der Waals surface area contributed by atoms with Crippen molar-refractivity contribution in [2.45, 2.75) is 64.8 Å². The number of nitrogens with zero attached hydrogens (tertiary/aromatic N) is 1. The molecule has 1 saturated heterocycles. The largest absolute Gasteiger partial charge is 0.309 e. The smallest absolute Gasteiger partial charge is 0.0252 e. The Morgan fingerprint density at radius 2 is 1.75 bits per heavy atom. The second-order valence-electron chi connectivity index (χ2n) is 5.85. The summed E-state index contributed by atoms with van der Waals surface area (Å²) >= 11 is 0. The molecule has 0 aromatic heterocycles. The van der Waals surface area contributed by atoms with Crippen LogP contribution in [0.25, 0.3) is 0 Å². The minimum Gasteiger partial charge on any atom is -0.309 e. The molecule has 1 aliphatic rings. The molecule has 16 heavy (non-hydrogen) atoms. The summed E-state index contributed by atoms with van der Waals surface area (Å²) in [6.07, 6.45) is 8.45. The third kappa shape index (κ3) is 5.86. The first-order valence-corrected chi connectivity index (χ1v) is 7.11. The van der Waals surface area contributed by atoms with Crippen molar-refractivity contribution < 1.29 is 0 Å². The van der Waals surface area contributed by atoms with Gasteiger partial charge in [0.1, 0.15) is 0 Å². The van der Waals surface area contributed by atoms with Crippen LogP contribution in [0.2, 0.25) is 0 Å². The van der Waals surface area contributed by atoms with E-state index < -0.39 is 0 Å². The molecule has 0 aromatic carbocycles. The van der Waals surface area contributed by atoms with Gasteiger partial charge in [-0.15, -0.1) is 0 Å². The summed E-state index contributed by atoms with van der Waals surface area (Å²) < 4.78 is 0. The van der Waals surface area contributed by atoms with Gasteiger partial charge >= 0.3 is 0 Å². The fourth-order valence-electron chi connectivity index (χ4n) is 2.55. The summed E-state index contributed by atoms with van der Waals surface area (Å²) in [5.74, 6) is 0. The van der Waals surface area contributed by atoms with Crippen molar-refractivity contribution in [2.75, 3.05) is 26.2 Å². The standard InChI is InChI=1S/C14H30N2/c1-4-5-6-7-8-9-11-16-12-10-15-14(2,3)13-16/h15H,4-13H2,1-3H3.